The number of carbonyl (C=O) groups excluding carboxylic acids is 1. The topological polar surface area (TPSA) is 33.2 Å². The summed E-state index contributed by atoms with van der Waals surface area (Å²) in [7, 11) is 0. The van der Waals surface area contributed by atoms with Gasteiger partial charge in [-0.2, -0.15) is 0 Å². The summed E-state index contributed by atoms with van der Waals surface area (Å²) >= 11 is 0. The molecule has 0 saturated carbocycles. The van der Waals surface area contributed by atoms with E-state index in [1.807, 2.05) is 30.0 Å². The van der Waals surface area contributed by atoms with Crippen LogP contribution < -0.4 is 0 Å². The number of ketones is 1. The van der Waals surface area contributed by atoms with Crippen LogP contribution in [0.5, 0.6) is 0 Å². The lowest BCUT2D eigenvalue weighted by atomic mass is 10.1. The van der Waals surface area contributed by atoms with Crippen molar-refractivity contribution in [3.8, 4) is 0 Å². The molecule has 4 heteroatoms. The molecule has 0 fully saturated rings. The molecule has 2 rings (SSSR count). The summed E-state index contributed by atoms with van der Waals surface area (Å²) in [5.74, 6) is -0.467. The third-order valence-corrected chi connectivity index (χ3v) is 3.07. The van der Waals surface area contributed by atoms with Crippen molar-refractivity contribution in [2.75, 3.05) is 13.1 Å². The molecular formula is C16H17FN2O. The summed E-state index contributed by atoms with van der Waals surface area (Å²) in [4.78, 5) is 18.4. The number of rotatable bonds is 6. The van der Waals surface area contributed by atoms with Crippen molar-refractivity contribution in [3.63, 3.8) is 0 Å². The van der Waals surface area contributed by atoms with Crippen molar-refractivity contribution in [3.05, 3.63) is 65.7 Å². The van der Waals surface area contributed by atoms with Gasteiger partial charge in [0.1, 0.15) is 5.82 Å². The van der Waals surface area contributed by atoms with E-state index in [0.29, 0.717) is 12.1 Å². The number of pyridine rings is 1. The number of halogens is 1. The number of hydrogen-bond acceptors (Lipinski definition) is 3. The molecule has 0 saturated heterocycles. The predicted molar refractivity (Wildman–Crippen MR) is 75.9 cm³/mol. The highest BCUT2D eigenvalue weighted by atomic mass is 19.1. The summed E-state index contributed by atoms with van der Waals surface area (Å²) < 4.78 is 13.1. The summed E-state index contributed by atoms with van der Waals surface area (Å²) in [5, 5.41) is 0. The van der Waals surface area contributed by atoms with Gasteiger partial charge in [-0.1, -0.05) is 25.1 Å². The van der Waals surface area contributed by atoms with E-state index in [9.17, 15) is 9.18 Å². The molecule has 3 nitrogen and oxygen atoms in total. The van der Waals surface area contributed by atoms with E-state index in [1.165, 1.54) is 12.1 Å². The van der Waals surface area contributed by atoms with Gasteiger partial charge in [0.2, 0.25) is 0 Å². The van der Waals surface area contributed by atoms with Gasteiger partial charge in [0, 0.05) is 18.3 Å². The summed E-state index contributed by atoms with van der Waals surface area (Å²) in [6.45, 7) is 3.59. The molecule has 104 valence electrons. The van der Waals surface area contributed by atoms with Crippen LogP contribution in [-0.2, 0) is 6.54 Å². The Morgan fingerprint density at radius 1 is 1.25 bits per heavy atom. The Balaban J connectivity index is 2.01. The molecule has 1 heterocycles. The number of Topliss-reactive ketones (excluding diaryl/α,β-unsaturated/α-hetero) is 1. The van der Waals surface area contributed by atoms with Gasteiger partial charge in [0.15, 0.2) is 5.78 Å². The highest BCUT2D eigenvalue weighted by Crippen LogP contribution is 2.07. The first-order valence-corrected chi connectivity index (χ1v) is 6.60. The molecule has 20 heavy (non-hydrogen) atoms. The lowest BCUT2D eigenvalue weighted by Gasteiger charge is -2.19. The second-order valence-corrected chi connectivity index (χ2v) is 4.56. The highest BCUT2D eigenvalue weighted by molar-refractivity contribution is 5.97. The van der Waals surface area contributed by atoms with Crippen molar-refractivity contribution in [2.24, 2.45) is 0 Å². The molecular weight excluding hydrogens is 255 g/mol. The zero-order valence-electron chi connectivity index (χ0n) is 11.4. The summed E-state index contributed by atoms with van der Waals surface area (Å²) in [6.07, 6.45) is 1.73. The zero-order valence-corrected chi connectivity index (χ0v) is 11.4. The van der Waals surface area contributed by atoms with Gasteiger partial charge >= 0.3 is 0 Å². The Bertz CT molecular complexity index is 572. The smallest absolute Gasteiger partial charge is 0.176 e. The van der Waals surface area contributed by atoms with Crippen molar-refractivity contribution in [2.45, 2.75) is 13.5 Å². The molecule has 0 aliphatic heterocycles. The molecule has 1 aromatic heterocycles. The van der Waals surface area contributed by atoms with Gasteiger partial charge in [0.25, 0.3) is 0 Å². The second-order valence-electron chi connectivity index (χ2n) is 4.56. The SMILES string of the molecule is CCN(CC(=O)c1cccc(F)c1)Cc1ccccn1. The van der Waals surface area contributed by atoms with E-state index in [1.54, 1.807) is 18.3 Å². The van der Waals surface area contributed by atoms with E-state index < -0.39 is 0 Å². The first kappa shape index (κ1) is 14.3. The minimum absolute atomic E-state index is 0.0812. The van der Waals surface area contributed by atoms with Crippen LogP contribution >= 0.6 is 0 Å². The predicted octanol–water partition coefficient (Wildman–Crippen LogP) is 2.93. The fraction of sp³-hybridized carbons (Fsp3) is 0.250. The van der Waals surface area contributed by atoms with Crippen molar-refractivity contribution in [1.29, 1.82) is 0 Å². The molecule has 0 aliphatic rings. The molecule has 0 aliphatic carbocycles. The van der Waals surface area contributed by atoms with E-state index >= 15 is 0 Å². The molecule has 2 aromatic rings. The molecule has 0 amide bonds. The van der Waals surface area contributed by atoms with E-state index in [0.717, 1.165) is 12.2 Å². The average molecular weight is 272 g/mol. The van der Waals surface area contributed by atoms with Crippen LogP contribution in [0.1, 0.15) is 23.0 Å². The van der Waals surface area contributed by atoms with Gasteiger partial charge in [-0.15, -0.1) is 0 Å². The largest absolute Gasteiger partial charge is 0.293 e. The van der Waals surface area contributed by atoms with Gasteiger partial charge in [0.05, 0.1) is 12.2 Å². The van der Waals surface area contributed by atoms with E-state index in [2.05, 4.69) is 4.98 Å². The normalized spacial score (nSPS) is 10.8. The standard InChI is InChI=1S/C16H17FN2O/c1-2-19(11-15-8-3-4-9-18-15)12-16(20)13-6-5-7-14(17)10-13/h3-10H,2,11-12H2,1H3. The van der Waals surface area contributed by atoms with Crippen LogP contribution in [0.15, 0.2) is 48.7 Å². The Kier molecular flexibility index (Phi) is 4.96. The van der Waals surface area contributed by atoms with Gasteiger partial charge in [-0.25, -0.2) is 4.39 Å². The fourth-order valence-electron chi connectivity index (χ4n) is 1.96. The van der Waals surface area contributed by atoms with Crippen LogP contribution in [0.3, 0.4) is 0 Å². The third kappa shape index (κ3) is 3.96. The molecule has 0 unspecified atom stereocenters. The lowest BCUT2D eigenvalue weighted by molar-refractivity contribution is 0.0928. The minimum Gasteiger partial charge on any atom is -0.293 e. The third-order valence-electron chi connectivity index (χ3n) is 3.07. The quantitative estimate of drug-likeness (QED) is 0.758. The zero-order chi connectivity index (χ0) is 14.4. The van der Waals surface area contributed by atoms with E-state index in [-0.39, 0.29) is 18.1 Å². The van der Waals surface area contributed by atoms with Gasteiger partial charge < -0.3 is 0 Å². The van der Waals surface area contributed by atoms with Crippen molar-refractivity contribution < 1.29 is 9.18 Å². The maximum absolute atomic E-state index is 13.1. The van der Waals surface area contributed by atoms with Crippen LogP contribution in [0, 0.1) is 5.82 Å². The number of hydrogen-bond donors (Lipinski definition) is 0. The molecule has 0 N–H and O–H groups in total. The molecule has 0 atom stereocenters. The maximum atomic E-state index is 13.1. The number of aromatic nitrogens is 1. The summed E-state index contributed by atoms with van der Waals surface area (Å²) in [5.41, 5.74) is 1.32. The Hall–Kier alpha value is -2.07. The van der Waals surface area contributed by atoms with Crippen LogP contribution in [0.4, 0.5) is 4.39 Å². The fourth-order valence-corrected chi connectivity index (χ4v) is 1.96. The van der Waals surface area contributed by atoms with Crippen molar-refractivity contribution >= 4 is 5.78 Å². The van der Waals surface area contributed by atoms with Gasteiger partial charge in [-0.3, -0.25) is 14.7 Å². The van der Waals surface area contributed by atoms with Crippen molar-refractivity contribution in [1.82, 2.24) is 9.88 Å². The highest BCUT2D eigenvalue weighted by Gasteiger charge is 2.12. The molecule has 0 bridgehead atoms. The number of carbonyl (C=O) groups is 1. The summed E-state index contributed by atoms with van der Waals surface area (Å²) in [6, 6.07) is 11.5. The molecule has 0 radical (unpaired) electrons. The van der Waals surface area contributed by atoms with Crippen LogP contribution in [0.2, 0.25) is 0 Å². The first-order valence-electron chi connectivity index (χ1n) is 6.60. The first-order chi connectivity index (χ1) is 9.69. The minimum atomic E-state index is -0.386. The number of benzene rings is 1. The maximum Gasteiger partial charge on any atom is 0.176 e. The Labute approximate surface area is 118 Å². The lowest BCUT2D eigenvalue weighted by Crippen LogP contribution is -2.29. The monoisotopic (exact) mass is 272 g/mol. The molecule has 1 aromatic carbocycles. The molecule has 0 spiro atoms. The van der Waals surface area contributed by atoms with Gasteiger partial charge in [-0.05, 0) is 30.8 Å². The van der Waals surface area contributed by atoms with Crippen LogP contribution in [-0.4, -0.2) is 28.8 Å². The van der Waals surface area contributed by atoms with Crippen LogP contribution in [0.25, 0.3) is 0 Å². The second kappa shape index (κ2) is 6.91. The van der Waals surface area contributed by atoms with E-state index in [4.69, 9.17) is 0 Å². The Morgan fingerprint density at radius 3 is 2.75 bits per heavy atom. The number of likely N-dealkylation sites (N-methyl/N-ethyl adjacent to an activating group) is 1. The Morgan fingerprint density at radius 2 is 2.10 bits per heavy atom. The number of nitrogens with zero attached hydrogens (tertiary/aromatic N) is 2. The average Bonchev–Trinajstić information content (AvgIpc) is 2.47.